The number of amides is 1. The third-order valence-corrected chi connectivity index (χ3v) is 5.01. The van der Waals surface area contributed by atoms with Gasteiger partial charge in [-0.25, -0.2) is 4.79 Å². The molecule has 0 spiro atoms. The molecule has 166 valence electrons. The molecule has 0 bridgehead atoms. The molecule has 0 radical (unpaired) electrons. The van der Waals surface area contributed by atoms with Crippen molar-refractivity contribution >= 4 is 34.8 Å². The molecule has 0 unspecified atom stereocenters. The van der Waals surface area contributed by atoms with E-state index in [0.717, 1.165) is 31.6 Å². The van der Waals surface area contributed by atoms with Crippen LogP contribution >= 0.6 is 11.6 Å². The van der Waals surface area contributed by atoms with Crippen molar-refractivity contribution in [1.82, 2.24) is 0 Å². The Balaban J connectivity index is 1.55. The molecule has 31 heavy (non-hydrogen) atoms. The van der Waals surface area contributed by atoms with Crippen LogP contribution in [0.4, 0.5) is 21.9 Å². The summed E-state index contributed by atoms with van der Waals surface area (Å²) in [6.45, 7) is 6.86. The SMILES string of the molecule is CC(C)(C)OC(=O)Nc1cccc(OC2CCN(c3ccc([N+](=O)[O-])cc3Cl)CC2)c1. The predicted octanol–water partition coefficient (Wildman–Crippen LogP) is 5.64. The number of nitrogens with one attached hydrogen (secondary N) is 1. The molecule has 1 N–H and O–H groups in total. The minimum absolute atomic E-state index is 0.0184. The number of anilines is 2. The Hall–Kier alpha value is -3.00. The second-order valence-electron chi connectivity index (χ2n) is 8.35. The Bertz CT molecular complexity index is 952. The Morgan fingerprint density at radius 3 is 2.52 bits per heavy atom. The normalized spacial score (nSPS) is 14.8. The van der Waals surface area contributed by atoms with E-state index in [1.165, 1.54) is 12.1 Å². The highest BCUT2D eigenvalue weighted by molar-refractivity contribution is 6.33. The van der Waals surface area contributed by atoms with Crippen LogP contribution < -0.4 is 15.0 Å². The summed E-state index contributed by atoms with van der Waals surface area (Å²) in [6, 6.07) is 11.7. The highest BCUT2D eigenvalue weighted by Gasteiger charge is 2.23. The maximum Gasteiger partial charge on any atom is 0.412 e. The predicted molar refractivity (Wildman–Crippen MR) is 120 cm³/mol. The number of non-ortho nitro benzene ring substituents is 1. The number of carbonyl (C=O) groups excluding carboxylic acids is 1. The summed E-state index contributed by atoms with van der Waals surface area (Å²) in [5.41, 5.74) is 0.793. The van der Waals surface area contributed by atoms with Gasteiger partial charge < -0.3 is 14.4 Å². The van der Waals surface area contributed by atoms with Gasteiger partial charge in [0.2, 0.25) is 0 Å². The molecule has 1 heterocycles. The first kappa shape index (κ1) is 22.7. The van der Waals surface area contributed by atoms with Crippen molar-refractivity contribution < 1.29 is 19.2 Å². The van der Waals surface area contributed by atoms with Crippen molar-refractivity contribution in [3.8, 4) is 5.75 Å². The van der Waals surface area contributed by atoms with Crippen LogP contribution in [0.2, 0.25) is 5.02 Å². The van der Waals surface area contributed by atoms with Gasteiger partial charge in [0.05, 0.1) is 15.6 Å². The number of nitro benzene ring substituents is 1. The summed E-state index contributed by atoms with van der Waals surface area (Å²) in [4.78, 5) is 24.5. The molecular weight excluding hydrogens is 422 g/mol. The Morgan fingerprint density at radius 2 is 1.90 bits per heavy atom. The van der Waals surface area contributed by atoms with Crippen molar-refractivity contribution in [2.24, 2.45) is 0 Å². The summed E-state index contributed by atoms with van der Waals surface area (Å²) in [5.74, 6) is 0.667. The lowest BCUT2D eigenvalue weighted by Crippen LogP contribution is -2.38. The van der Waals surface area contributed by atoms with Crippen LogP contribution in [0.3, 0.4) is 0 Å². The fraction of sp³-hybridized carbons (Fsp3) is 0.409. The van der Waals surface area contributed by atoms with Crippen molar-refractivity contribution in [3.05, 3.63) is 57.6 Å². The minimum Gasteiger partial charge on any atom is -0.490 e. The van der Waals surface area contributed by atoms with E-state index in [4.69, 9.17) is 21.1 Å². The first-order valence-corrected chi connectivity index (χ1v) is 10.4. The number of benzene rings is 2. The molecule has 2 aromatic carbocycles. The van der Waals surface area contributed by atoms with Crippen LogP contribution in [-0.4, -0.2) is 35.8 Å². The monoisotopic (exact) mass is 447 g/mol. The standard InChI is InChI=1S/C22H26ClN3O5/c1-22(2,3)31-21(27)24-15-5-4-6-18(13-15)30-17-9-11-25(12-10-17)20-8-7-16(26(28)29)14-19(20)23/h4-8,13-14,17H,9-12H2,1-3H3,(H,24,27). The molecule has 1 saturated heterocycles. The zero-order chi connectivity index (χ0) is 22.6. The highest BCUT2D eigenvalue weighted by atomic mass is 35.5. The van der Waals surface area contributed by atoms with Crippen molar-refractivity contribution in [3.63, 3.8) is 0 Å². The maximum atomic E-state index is 12.0. The van der Waals surface area contributed by atoms with Crippen LogP contribution in [0.1, 0.15) is 33.6 Å². The number of halogens is 1. The van der Waals surface area contributed by atoms with Crippen LogP contribution in [0, 0.1) is 10.1 Å². The number of nitro groups is 1. The van der Waals surface area contributed by atoms with E-state index in [-0.39, 0.29) is 11.8 Å². The molecule has 1 aliphatic rings. The van der Waals surface area contributed by atoms with Crippen molar-refractivity contribution in [2.75, 3.05) is 23.3 Å². The number of hydrogen-bond donors (Lipinski definition) is 1. The van der Waals surface area contributed by atoms with Crippen LogP contribution in [-0.2, 0) is 4.74 Å². The van der Waals surface area contributed by atoms with Gasteiger partial charge in [0.25, 0.3) is 5.69 Å². The van der Waals surface area contributed by atoms with Gasteiger partial charge in [0.1, 0.15) is 17.5 Å². The fourth-order valence-electron chi connectivity index (χ4n) is 3.34. The largest absolute Gasteiger partial charge is 0.490 e. The average Bonchev–Trinajstić information content (AvgIpc) is 2.67. The van der Waals surface area contributed by atoms with E-state index < -0.39 is 16.6 Å². The number of ether oxygens (including phenoxy) is 2. The smallest absolute Gasteiger partial charge is 0.412 e. The van der Waals surface area contributed by atoms with E-state index in [1.54, 1.807) is 18.2 Å². The average molecular weight is 448 g/mol. The summed E-state index contributed by atoms with van der Waals surface area (Å²) >= 11 is 6.25. The molecule has 1 fully saturated rings. The molecule has 1 aliphatic heterocycles. The molecule has 0 aliphatic carbocycles. The Labute approximate surface area is 186 Å². The molecule has 0 aromatic heterocycles. The third kappa shape index (κ3) is 6.49. The fourth-order valence-corrected chi connectivity index (χ4v) is 3.64. The van der Waals surface area contributed by atoms with Gasteiger partial charge in [-0.3, -0.25) is 15.4 Å². The highest BCUT2D eigenvalue weighted by Crippen LogP contribution is 2.32. The molecule has 2 aromatic rings. The minimum atomic E-state index is -0.571. The van der Waals surface area contributed by atoms with Crippen LogP contribution in [0.5, 0.6) is 5.75 Å². The lowest BCUT2D eigenvalue weighted by Gasteiger charge is -2.34. The summed E-state index contributed by atoms with van der Waals surface area (Å²) in [5, 5.41) is 14.0. The van der Waals surface area contributed by atoms with Gasteiger partial charge in [-0.15, -0.1) is 0 Å². The van der Waals surface area contributed by atoms with Gasteiger partial charge in [0.15, 0.2) is 0 Å². The Kier molecular flexibility index (Phi) is 6.90. The lowest BCUT2D eigenvalue weighted by atomic mass is 10.1. The van der Waals surface area contributed by atoms with Crippen molar-refractivity contribution in [2.45, 2.75) is 45.3 Å². The molecular formula is C22H26ClN3O5. The van der Waals surface area contributed by atoms with Gasteiger partial charge in [0, 0.05) is 49.8 Å². The number of hydrogen-bond acceptors (Lipinski definition) is 6. The molecule has 3 rings (SSSR count). The zero-order valence-electron chi connectivity index (χ0n) is 17.8. The number of rotatable bonds is 5. The van der Waals surface area contributed by atoms with Crippen molar-refractivity contribution in [1.29, 1.82) is 0 Å². The molecule has 0 saturated carbocycles. The first-order chi connectivity index (χ1) is 14.6. The second kappa shape index (κ2) is 9.43. The number of piperidine rings is 1. The van der Waals surface area contributed by atoms with Crippen LogP contribution in [0.15, 0.2) is 42.5 Å². The zero-order valence-corrected chi connectivity index (χ0v) is 18.5. The van der Waals surface area contributed by atoms with Gasteiger partial charge in [-0.1, -0.05) is 17.7 Å². The summed E-state index contributed by atoms with van der Waals surface area (Å²) in [6.07, 6.45) is 1.05. The van der Waals surface area contributed by atoms with E-state index >= 15 is 0 Å². The molecule has 8 nitrogen and oxygen atoms in total. The Morgan fingerprint density at radius 1 is 1.19 bits per heavy atom. The number of nitrogens with zero attached hydrogens (tertiary/aromatic N) is 2. The van der Waals surface area contributed by atoms with E-state index in [1.807, 2.05) is 32.9 Å². The van der Waals surface area contributed by atoms with E-state index in [0.29, 0.717) is 16.5 Å². The quantitative estimate of drug-likeness (QED) is 0.470. The first-order valence-electron chi connectivity index (χ1n) is 10.1. The summed E-state index contributed by atoms with van der Waals surface area (Å²) in [7, 11) is 0. The topological polar surface area (TPSA) is 93.9 Å². The van der Waals surface area contributed by atoms with Gasteiger partial charge >= 0.3 is 6.09 Å². The molecule has 1 amide bonds. The van der Waals surface area contributed by atoms with Gasteiger partial charge in [-0.05, 0) is 39.0 Å². The lowest BCUT2D eigenvalue weighted by molar-refractivity contribution is -0.384. The number of carbonyl (C=O) groups is 1. The molecule has 0 atom stereocenters. The third-order valence-electron chi connectivity index (χ3n) is 4.71. The maximum absolute atomic E-state index is 12.0. The van der Waals surface area contributed by atoms with E-state index in [9.17, 15) is 14.9 Å². The molecule has 9 heteroatoms. The van der Waals surface area contributed by atoms with Gasteiger partial charge in [-0.2, -0.15) is 0 Å². The summed E-state index contributed by atoms with van der Waals surface area (Å²) < 4.78 is 11.4. The van der Waals surface area contributed by atoms with E-state index in [2.05, 4.69) is 10.2 Å². The van der Waals surface area contributed by atoms with Crippen LogP contribution in [0.25, 0.3) is 0 Å². The second-order valence-corrected chi connectivity index (χ2v) is 8.76.